The fraction of sp³-hybridized carbons (Fsp3) is 0.471. The number of carbonyl (C=O) groups excluding carboxylic acids is 1. The number of anilines is 1. The van der Waals surface area contributed by atoms with Gasteiger partial charge in [-0.2, -0.15) is 0 Å². The standard InChI is InChI=1S/C17H23N5O/c1-11(2)16-15(9-23)22(6-5-19-16)8-12-3-4-13-14(7-12)20-10-21-17(13)18/h3-4,7,9-11,15-16,19H,5-6,8H2,1-2H3,(H2,18,20,21). The maximum Gasteiger partial charge on any atom is 0.138 e. The highest BCUT2D eigenvalue weighted by atomic mass is 16.1. The van der Waals surface area contributed by atoms with Crippen LogP contribution in [0.15, 0.2) is 24.5 Å². The predicted octanol–water partition coefficient (Wildman–Crippen LogP) is 1.21. The summed E-state index contributed by atoms with van der Waals surface area (Å²) < 4.78 is 0. The second-order valence-electron chi connectivity index (χ2n) is 6.43. The van der Waals surface area contributed by atoms with Gasteiger partial charge >= 0.3 is 0 Å². The van der Waals surface area contributed by atoms with Gasteiger partial charge in [0, 0.05) is 31.1 Å². The van der Waals surface area contributed by atoms with Crippen molar-refractivity contribution >= 4 is 23.0 Å². The molecule has 2 aromatic rings. The zero-order valence-corrected chi connectivity index (χ0v) is 13.6. The Balaban J connectivity index is 1.84. The first-order chi connectivity index (χ1) is 11.1. The fourth-order valence-corrected chi connectivity index (χ4v) is 3.31. The third-order valence-electron chi connectivity index (χ3n) is 4.54. The first-order valence-electron chi connectivity index (χ1n) is 8.02. The average molecular weight is 313 g/mol. The average Bonchev–Trinajstić information content (AvgIpc) is 2.54. The van der Waals surface area contributed by atoms with Crippen LogP contribution >= 0.6 is 0 Å². The minimum absolute atomic E-state index is 0.102. The summed E-state index contributed by atoms with van der Waals surface area (Å²) in [6.07, 6.45) is 2.55. The third kappa shape index (κ3) is 3.18. The Bertz CT molecular complexity index is 702. The topological polar surface area (TPSA) is 84.1 Å². The van der Waals surface area contributed by atoms with Crippen molar-refractivity contribution in [2.45, 2.75) is 32.5 Å². The molecule has 2 atom stereocenters. The van der Waals surface area contributed by atoms with Gasteiger partial charge in [0.05, 0.1) is 11.6 Å². The molecule has 0 amide bonds. The molecule has 3 N–H and O–H groups in total. The minimum Gasteiger partial charge on any atom is -0.383 e. The van der Waals surface area contributed by atoms with E-state index in [9.17, 15) is 4.79 Å². The number of nitrogens with two attached hydrogens (primary N) is 1. The van der Waals surface area contributed by atoms with Crippen LogP contribution < -0.4 is 11.1 Å². The number of carbonyl (C=O) groups is 1. The summed E-state index contributed by atoms with van der Waals surface area (Å²) in [6.45, 7) is 6.78. The summed E-state index contributed by atoms with van der Waals surface area (Å²) in [7, 11) is 0. The van der Waals surface area contributed by atoms with E-state index < -0.39 is 0 Å². The molecule has 0 spiro atoms. The molecule has 6 heteroatoms. The van der Waals surface area contributed by atoms with Crippen LogP contribution in [0.5, 0.6) is 0 Å². The lowest BCUT2D eigenvalue weighted by Crippen LogP contribution is -2.60. The number of aldehydes is 1. The van der Waals surface area contributed by atoms with Gasteiger partial charge in [-0.25, -0.2) is 9.97 Å². The van der Waals surface area contributed by atoms with Crippen LogP contribution in [-0.2, 0) is 11.3 Å². The van der Waals surface area contributed by atoms with Crippen molar-refractivity contribution in [3.8, 4) is 0 Å². The number of rotatable bonds is 4. The normalized spacial score (nSPS) is 22.6. The Morgan fingerprint density at radius 2 is 2.26 bits per heavy atom. The Morgan fingerprint density at radius 3 is 3.00 bits per heavy atom. The van der Waals surface area contributed by atoms with Gasteiger partial charge in [-0.05, 0) is 23.6 Å². The molecule has 1 aliphatic heterocycles. The Hall–Kier alpha value is -2.05. The van der Waals surface area contributed by atoms with Crippen LogP contribution in [0.2, 0.25) is 0 Å². The predicted molar refractivity (Wildman–Crippen MR) is 90.8 cm³/mol. The van der Waals surface area contributed by atoms with Crippen molar-refractivity contribution in [2.75, 3.05) is 18.8 Å². The number of hydrogen-bond acceptors (Lipinski definition) is 6. The van der Waals surface area contributed by atoms with Gasteiger partial charge in [0.15, 0.2) is 0 Å². The monoisotopic (exact) mass is 313 g/mol. The van der Waals surface area contributed by atoms with Crippen LogP contribution in [0, 0.1) is 5.92 Å². The number of aromatic nitrogens is 2. The van der Waals surface area contributed by atoms with Crippen molar-refractivity contribution in [1.82, 2.24) is 20.2 Å². The lowest BCUT2D eigenvalue weighted by molar-refractivity contribution is -0.115. The van der Waals surface area contributed by atoms with E-state index in [1.807, 2.05) is 18.2 Å². The van der Waals surface area contributed by atoms with Gasteiger partial charge in [-0.3, -0.25) is 4.90 Å². The molecule has 1 aromatic heterocycles. The highest BCUT2D eigenvalue weighted by Crippen LogP contribution is 2.21. The molecule has 0 bridgehead atoms. The largest absolute Gasteiger partial charge is 0.383 e. The molecular formula is C17H23N5O. The van der Waals surface area contributed by atoms with Crippen LogP contribution in [0.3, 0.4) is 0 Å². The van der Waals surface area contributed by atoms with Gasteiger partial charge in [0.1, 0.15) is 18.4 Å². The van der Waals surface area contributed by atoms with Crippen molar-refractivity contribution in [3.63, 3.8) is 0 Å². The zero-order valence-electron chi connectivity index (χ0n) is 13.6. The molecule has 3 rings (SSSR count). The quantitative estimate of drug-likeness (QED) is 0.826. The summed E-state index contributed by atoms with van der Waals surface area (Å²) in [5, 5.41) is 4.33. The van der Waals surface area contributed by atoms with E-state index in [1.165, 1.54) is 6.33 Å². The first-order valence-corrected chi connectivity index (χ1v) is 8.02. The van der Waals surface area contributed by atoms with E-state index in [4.69, 9.17) is 5.73 Å². The van der Waals surface area contributed by atoms with E-state index in [0.29, 0.717) is 11.7 Å². The van der Waals surface area contributed by atoms with Crippen molar-refractivity contribution in [1.29, 1.82) is 0 Å². The molecule has 1 saturated heterocycles. The van der Waals surface area contributed by atoms with Crippen LogP contribution in [0.4, 0.5) is 5.82 Å². The number of nitrogens with zero attached hydrogens (tertiary/aromatic N) is 3. The molecule has 0 saturated carbocycles. The van der Waals surface area contributed by atoms with E-state index in [-0.39, 0.29) is 12.1 Å². The maximum atomic E-state index is 11.6. The first kappa shape index (κ1) is 15.8. The second kappa shape index (κ2) is 6.60. The molecule has 0 aliphatic carbocycles. The smallest absolute Gasteiger partial charge is 0.138 e. The Kier molecular flexibility index (Phi) is 4.54. The molecule has 2 heterocycles. The molecule has 1 fully saturated rings. The van der Waals surface area contributed by atoms with E-state index in [1.54, 1.807) is 0 Å². The van der Waals surface area contributed by atoms with E-state index >= 15 is 0 Å². The Morgan fingerprint density at radius 1 is 1.43 bits per heavy atom. The van der Waals surface area contributed by atoms with Crippen molar-refractivity contribution in [2.24, 2.45) is 5.92 Å². The molecule has 1 aliphatic rings. The third-order valence-corrected chi connectivity index (χ3v) is 4.54. The zero-order chi connectivity index (χ0) is 16.4. The number of nitrogens with one attached hydrogen (secondary N) is 1. The highest BCUT2D eigenvalue weighted by molar-refractivity contribution is 5.88. The lowest BCUT2D eigenvalue weighted by atomic mass is 9.93. The summed E-state index contributed by atoms with van der Waals surface area (Å²) in [5.41, 5.74) is 7.84. The second-order valence-corrected chi connectivity index (χ2v) is 6.43. The van der Waals surface area contributed by atoms with Crippen LogP contribution in [0.25, 0.3) is 10.9 Å². The van der Waals surface area contributed by atoms with Gasteiger partial charge < -0.3 is 15.8 Å². The number of piperazine rings is 1. The van der Waals surface area contributed by atoms with Crippen molar-refractivity contribution in [3.05, 3.63) is 30.1 Å². The molecule has 6 nitrogen and oxygen atoms in total. The lowest BCUT2D eigenvalue weighted by Gasteiger charge is -2.41. The number of nitrogen functional groups attached to an aromatic ring is 1. The Labute approximate surface area is 136 Å². The number of fused-ring (bicyclic) bond motifs is 1. The van der Waals surface area contributed by atoms with Gasteiger partial charge in [-0.15, -0.1) is 0 Å². The highest BCUT2D eigenvalue weighted by Gasteiger charge is 2.32. The molecule has 0 radical (unpaired) electrons. The van der Waals surface area contributed by atoms with Gasteiger partial charge in [-0.1, -0.05) is 19.9 Å². The molecular weight excluding hydrogens is 290 g/mol. The minimum atomic E-state index is -0.102. The number of hydrogen-bond donors (Lipinski definition) is 2. The summed E-state index contributed by atoms with van der Waals surface area (Å²) in [4.78, 5) is 22.1. The maximum absolute atomic E-state index is 11.6. The number of benzene rings is 1. The van der Waals surface area contributed by atoms with Crippen LogP contribution in [0.1, 0.15) is 19.4 Å². The summed E-state index contributed by atoms with van der Waals surface area (Å²) in [5.74, 6) is 0.909. The SMILES string of the molecule is CC(C)C1NCCN(Cc2ccc3c(N)ncnc3c2)C1C=O. The fourth-order valence-electron chi connectivity index (χ4n) is 3.31. The molecule has 2 unspecified atom stereocenters. The molecule has 122 valence electrons. The van der Waals surface area contributed by atoms with E-state index in [0.717, 1.165) is 42.4 Å². The molecule has 23 heavy (non-hydrogen) atoms. The van der Waals surface area contributed by atoms with Crippen molar-refractivity contribution < 1.29 is 4.79 Å². The van der Waals surface area contributed by atoms with Crippen LogP contribution in [-0.4, -0.2) is 46.3 Å². The van der Waals surface area contributed by atoms with Gasteiger partial charge in [0.25, 0.3) is 0 Å². The summed E-state index contributed by atoms with van der Waals surface area (Å²) >= 11 is 0. The molecule has 1 aromatic carbocycles. The van der Waals surface area contributed by atoms with Gasteiger partial charge in [0.2, 0.25) is 0 Å². The summed E-state index contributed by atoms with van der Waals surface area (Å²) in [6, 6.07) is 6.12. The van der Waals surface area contributed by atoms with E-state index in [2.05, 4.69) is 34.0 Å².